The van der Waals surface area contributed by atoms with Crippen molar-refractivity contribution in [1.82, 2.24) is 15.0 Å². The highest BCUT2D eigenvalue weighted by atomic mass is 16.5. The highest BCUT2D eigenvalue weighted by molar-refractivity contribution is 5.18. The number of likely N-dealkylation sites (N-methyl/N-ethyl adjacent to an activating group) is 1. The standard InChI is InChI=1S/C13H18N4O/c1-17(8-7-14)10-13-15-12(16-18-13)9-11-5-3-2-4-6-11/h2-6H,7-10,14H2,1H3. The second-order valence-electron chi connectivity index (χ2n) is 4.29. The van der Waals surface area contributed by atoms with Gasteiger partial charge in [-0.05, 0) is 12.6 Å². The van der Waals surface area contributed by atoms with Crippen molar-refractivity contribution in [3.05, 3.63) is 47.6 Å². The van der Waals surface area contributed by atoms with Gasteiger partial charge in [-0.1, -0.05) is 35.5 Å². The maximum absolute atomic E-state index is 5.48. The lowest BCUT2D eigenvalue weighted by Crippen LogP contribution is -2.25. The lowest BCUT2D eigenvalue weighted by Gasteiger charge is -2.11. The van der Waals surface area contributed by atoms with Gasteiger partial charge in [0, 0.05) is 19.5 Å². The van der Waals surface area contributed by atoms with Crippen LogP contribution in [0.5, 0.6) is 0 Å². The molecule has 18 heavy (non-hydrogen) atoms. The Kier molecular flexibility index (Phi) is 4.44. The third kappa shape index (κ3) is 3.65. The minimum atomic E-state index is 0.626. The van der Waals surface area contributed by atoms with Gasteiger partial charge in [-0.2, -0.15) is 4.98 Å². The zero-order valence-electron chi connectivity index (χ0n) is 10.5. The van der Waals surface area contributed by atoms with Crippen LogP contribution in [0.3, 0.4) is 0 Å². The maximum atomic E-state index is 5.48. The van der Waals surface area contributed by atoms with Crippen molar-refractivity contribution in [2.75, 3.05) is 20.1 Å². The number of hydrogen-bond donors (Lipinski definition) is 1. The first-order valence-corrected chi connectivity index (χ1v) is 6.02. The summed E-state index contributed by atoms with van der Waals surface area (Å²) < 4.78 is 5.21. The van der Waals surface area contributed by atoms with Gasteiger partial charge >= 0.3 is 0 Å². The molecule has 1 heterocycles. The molecule has 0 fully saturated rings. The van der Waals surface area contributed by atoms with E-state index < -0.39 is 0 Å². The second kappa shape index (κ2) is 6.28. The van der Waals surface area contributed by atoms with Crippen LogP contribution in [0.2, 0.25) is 0 Å². The van der Waals surface area contributed by atoms with Gasteiger partial charge in [0.2, 0.25) is 5.89 Å². The molecule has 0 aliphatic heterocycles. The molecule has 0 aliphatic rings. The fourth-order valence-electron chi connectivity index (χ4n) is 1.73. The van der Waals surface area contributed by atoms with Gasteiger partial charge in [0.05, 0.1) is 6.54 Å². The Balaban J connectivity index is 1.94. The minimum Gasteiger partial charge on any atom is -0.338 e. The van der Waals surface area contributed by atoms with Gasteiger partial charge in [-0.3, -0.25) is 4.90 Å². The summed E-state index contributed by atoms with van der Waals surface area (Å²) in [6, 6.07) is 10.1. The van der Waals surface area contributed by atoms with Crippen molar-refractivity contribution in [2.24, 2.45) is 5.73 Å². The van der Waals surface area contributed by atoms with Gasteiger partial charge < -0.3 is 10.3 Å². The Morgan fingerprint density at radius 3 is 2.78 bits per heavy atom. The number of rotatable bonds is 6. The third-order valence-electron chi connectivity index (χ3n) is 2.63. The number of hydrogen-bond acceptors (Lipinski definition) is 5. The first-order chi connectivity index (χ1) is 8.78. The summed E-state index contributed by atoms with van der Waals surface area (Å²) in [5, 5.41) is 3.98. The lowest BCUT2D eigenvalue weighted by molar-refractivity contribution is 0.271. The van der Waals surface area contributed by atoms with E-state index in [4.69, 9.17) is 10.3 Å². The summed E-state index contributed by atoms with van der Waals surface area (Å²) in [5.74, 6) is 1.36. The van der Waals surface area contributed by atoms with Crippen molar-refractivity contribution in [1.29, 1.82) is 0 Å². The van der Waals surface area contributed by atoms with Crippen molar-refractivity contribution in [2.45, 2.75) is 13.0 Å². The Labute approximate surface area is 107 Å². The zero-order valence-corrected chi connectivity index (χ0v) is 10.5. The predicted octanol–water partition coefficient (Wildman–Crippen LogP) is 1.05. The average molecular weight is 246 g/mol. The van der Waals surface area contributed by atoms with Gasteiger partial charge in [0.25, 0.3) is 0 Å². The van der Waals surface area contributed by atoms with E-state index in [2.05, 4.69) is 27.2 Å². The highest BCUT2D eigenvalue weighted by Crippen LogP contribution is 2.07. The topological polar surface area (TPSA) is 68.2 Å². The van der Waals surface area contributed by atoms with E-state index in [1.165, 1.54) is 5.56 Å². The van der Waals surface area contributed by atoms with Crippen LogP contribution in [0.25, 0.3) is 0 Å². The molecule has 2 N–H and O–H groups in total. The molecule has 0 radical (unpaired) electrons. The van der Waals surface area contributed by atoms with E-state index in [1.807, 2.05) is 25.2 Å². The van der Waals surface area contributed by atoms with Crippen LogP contribution in [0.4, 0.5) is 0 Å². The van der Waals surface area contributed by atoms with Gasteiger partial charge in [0.1, 0.15) is 0 Å². The molecule has 0 saturated heterocycles. The molecule has 1 aromatic heterocycles. The predicted molar refractivity (Wildman–Crippen MR) is 68.9 cm³/mol. The molecule has 0 bridgehead atoms. The first-order valence-electron chi connectivity index (χ1n) is 6.02. The molecule has 2 rings (SSSR count). The van der Waals surface area contributed by atoms with Crippen LogP contribution in [-0.4, -0.2) is 35.2 Å². The van der Waals surface area contributed by atoms with Gasteiger partial charge in [-0.15, -0.1) is 0 Å². The molecule has 2 aromatic rings. The molecule has 0 aliphatic carbocycles. The molecule has 1 aromatic carbocycles. The molecule has 5 nitrogen and oxygen atoms in total. The van der Waals surface area contributed by atoms with E-state index in [-0.39, 0.29) is 0 Å². The Bertz CT molecular complexity index is 469. The quantitative estimate of drug-likeness (QED) is 0.825. The van der Waals surface area contributed by atoms with E-state index in [0.29, 0.717) is 25.4 Å². The number of benzene rings is 1. The summed E-state index contributed by atoms with van der Waals surface area (Å²) in [4.78, 5) is 6.42. The summed E-state index contributed by atoms with van der Waals surface area (Å²) in [6.45, 7) is 2.08. The Morgan fingerprint density at radius 2 is 2.06 bits per heavy atom. The van der Waals surface area contributed by atoms with E-state index in [0.717, 1.165) is 12.4 Å². The highest BCUT2D eigenvalue weighted by Gasteiger charge is 2.09. The smallest absolute Gasteiger partial charge is 0.240 e. The molecule has 0 unspecified atom stereocenters. The molecular formula is C13H18N4O. The second-order valence-corrected chi connectivity index (χ2v) is 4.29. The fraction of sp³-hybridized carbons (Fsp3) is 0.385. The summed E-state index contributed by atoms with van der Waals surface area (Å²) in [6.07, 6.45) is 0.699. The molecule has 0 atom stereocenters. The molecule has 96 valence electrons. The molecule has 0 amide bonds. The van der Waals surface area contributed by atoms with Crippen LogP contribution >= 0.6 is 0 Å². The Morgan fingerprint density at radius 1 is 1.28 bits per heavy atom. The molecular weight excluding hydrogens is 228 g/mol. The number of nitrogens with two attached hydrogens (primary N) is 1. The van der Waals surface area contributed by atoms with Crippen LogP contribution in [0, 0.1) is 0 Å². The normalized spacial score (nSPS) is 11.1. The van der Waals surface area contributed by atoms with E-state index >= 15 is 0 Å². The van der Waals surface area contributed by atoms with Gasteiger partial charge in [0.15, 0.2) is 5.82 Å². The average Bonchev–Trinajstić information content (AvgIpc) is 2.78. The molecule has 0 spiro atoms. The molecule has 0 saturated carbocycles. The zero-order chi connectivity index (χ0) is 12.8. The van der Waals surface area contributed by atoms with Crippen LogP contribution in [0.1, 0.15) is 17.3 Å². The summed E-state index contributed by atoms with van der Waals surface area (Å²) >= 11 is 0. The lowest BCUT2D eigenvalue weighted by atomic mass is 10.1. The minimum absolute atomic E-state index is 0.626. The van der Waals surface area contributed by atoms with Gasteiger partial charge in [-0.25, -0.2) is 0 Å². The van der Waals surface area contributed by atoms with Crippen molar-refractivity contribution in [3.8, 4) is 0 Å². The van der Waals surface area contributed by atoms with E-state index in [1.54, 1.807) is 0 Å². The number of nitrogens with zero attached hydrogens (tertiary/aromatic N) is 3. The van der Waals surface area contributed by atoms with Crippen LogP contribution in [0.15, 0.2) is 34.9 Å². The van der Waals surface area contributed by atoms with Crippen molar-refractivity contribution in [3.63, 3.8) is 0 Å². The molecule has 5 heteroatoms. The maximum Gasteiger partial charge on any atom is 0.240 e. The van der Waals surface area contributed by atoms with Crippen LogP contribution < -0.4 is 5.73 Å². The summed E-state index contributed by atoms with van der Waals surface area (Å²) in [7, 11) is 1.98. The third-order valence-corrected chi connectivity index (χ3v) is 2.63. The first kappa shape index (κ1) is 12.7. The SMILES string of the molecule is CN(CCN)Cc1nc(Cc2ccccc2)no1. The van der Waals surface area contributed by atoms with Crippen LogP contribution in [-0.2, 0) is 13.0 Å². The largest absolute Gasteiger partial charge is 0.338 e. The van der Waals surface area contributed by atoms with E-state index in [9.17, 15) is 0 Å². The van der Waals surface area contributed by atoms with Crippen molar-refractivity contribution >= 4 is 0 Å². The fourth-order valence-corrected chi connectivity index (χ4v) is 1.73. The Hall–Kier alpha value is -1.72. The summed E-state index contributed by atoms with van der Waals surface area (Å²) in [5.41, 5.74) is 6.66. The van der Waals surface area contributed by atoms with Crippen molar-refractivity contribution < 1.29 is 4.52 Å². The number of aromatic nitrogens is 2. The monoisotopic (exact) mass is 246 g/mol.